The van der Waals surface area contributed by atoms with Gasteiger partial charge >= 0.3 is 0 Å². The maximum atomic E-state index is 13.2. The van der Waals surface area contributed by atoms with Gasteiger partial charge in [-0.1, -0.05) is 19.9 Å². The fraction of sp³-hybridized carbons (Fsp3) is 0.538. The van der Waals surface area contributed by atoms with Gasteiger partial charge < -0.3 is 10.1 Å². The molecular formula is C13H19F2NO. The molecule has 1 aromatic rings. The fourth-order valence-corrected chi connectivity index (χ4v) is 1.40. The van der Waals surface area contributed by atoms with Gasteiger partial charge in [0.05, 0.1) is 6.61 Å². The van der Waals surface area contributed by atoms with E-state index in [1.54, 1.807) is 0 Å². The number of halogens is 2. The van der Waals surface area contributed by atoms with Crippen LogP contribution in [-0.4, -0.2) is 19.2 Å². The average Bonchev–Trinajstić information content (AvgIpc) is 2.28. The van der Waals surface area contributed by atoms with Gasteiger partial charge in [-0.25, -0.2) is 4.39 Å². The first-order valence-corrected chi connectivity index (χ1v) is 5.91. The highest BCUT2D eigenvalue weighted by atomic mass is 19.2. The van der Waals surface area contributed by atoms with Gasteiger partial charge in [0.15, 0.2) is 11.6 Å². The Bertz CT molecular complexity index is 342. The molecule has 0 aliphatic rings. The van der Waals surface area contributed by atoms with E-state index in [9.17, 15) is 8.78 Å². The number of benzene rings is 1. The molecule has 96 valence electrons. The van der Waals surface area contributed by atoms with E-state index in [2.05, 4.69) is 19.2 Å². The smallest absolute Gasteiger partial charge is 0.200 e. The third-order valence-electron chi connectivity index (χ3n) is 2.30. The molecule has 1 N–H and O–H groups in total. The molecule has 4 heteroatoms. The van der Waals surface area contributed by atoms with Crippen molar-refractivity contribution in [3.8, 4) is 5.75 Å². The SMILES string of the molecule is CC(C)NCCCCOc1cccc(F)c1F. The normalized spacial score (nSPS) is 10.9. The van der Waals surface area contributed by atoms with E-state index in [1.165, 1.54) is 12.1 Å². The lowest BCUT2D eigenvalue weighted by molar-refractivity contribution is 0.285. The van der Waals surface area contributed by atoms with E-state index in [0.29, 0.717) is 12.6 Å². The molecule has 0 aliphatic carbocycles. The van der Waals surface area contributed by atoms with Gasteiger partial charge in [0.2, 0.25) is 5.82 Å². The summed E-state index contributed by atoms with van der Waals surface area (Å²) in [5, 5.41) is 3.28. The summed E-state index contributed by atoms with van der Waals surface area (Å²) < 4.78 is 31.2. The first kappa shape index (κ1) is 13.9. The van der Waals surface area contributed by atoms with Gasteiger partial charge in [0, 0.05) is 6.04 Å². The van der Waals surface area contributed by atoms with Crippen LogP contribution in [0.1, 0.15) is 26.7 Å². The molecule has 0 bridgehead atoms. The van der Waals surface area contributed by atoms with Crippen molar-refractivity contribution in [2.75, 3.05) is 13.2 Å². The highest BCUT2D eigenvalue weighted by Crippen LogP contribution is 2.19. The Morgan fingerprint density at radius 3 is 2.71 bits per heavy atom. The minimum absolute atomic E-state index is 0.0122. The zero-order valence-electron chi connectivity index (χ0n) is 10.3. The molecule has 2 nitrogen and oxygen atoms in total. The molecule has 0 atom stereocenters. The number of ether oxygens (including phenoxy) is 1. The van der Waals surface area contributed by atoms with Crippen molar-refractivity contribution in [1.82, 2.24) is 5.32 Å². The molecular weight excluding hydrogens is 224 g/mol. The molecule has 0 spiro atoms. The maximum absolute atomic E-state index is 13.2. The summed E-state index contributed by atoms with van der Waals surface area (Å²) in [7, 11) is 0. The van der Waals surface area contributed by atoms with Crippen molar-refractivity contribution >= 4 is 0 Å². The maximum Gasteiger partial charge on any atom is 0.200 e. The summed E-state index contributed by atoms with van der Waals surface area (Å²) in [6, 6.07) is 4.42. The summed E-state index contributed by atoms with van der Waals surface area (Å²) in [6.45, 7) is 5.48. The minimum Gasteiger partial charge on any atom is -0.490 e. The monoisotopic (exact) mass is 243 g/mol. The first-order valence-electron chi connectivity index (χ1n) is 5.91. The molecule has 0 saturated carbocycles. The van der Waals surface area contributed by atoms with Gasteiger partial charge in [0.1, 0.15) is 0 Å². The standard InChI is InChI=1S/C13H19F2NO/c1-10(2)16-8-3-4-9-17-12-7-5-6-11(14)13(12)15/h5-7,10,16H,3-4,8-9H2,1-2H3. The van der Waals surface area contributed by atoms with E-state index in [-0.39, 0.29) is 5.75 Å². The molecule has 0 heterocycles. The van der Waals surface area contributed by atoms with Crippen LogP contribution in [0.5, 0.6) is 5.75 Å². The fourth-order valence-electron chi connectivity index (χ4n) is 1.40. The van der Waals surface area contributed by atoms with Crippen LogP contribution in [0.3, 0.4) is 0 Å². The lowest BCUT2D eigenvalue weighted by atomic mass is 10.3. The largest absolute Gasteiger partial charge is 0.490 e. The predicted molar refractivity (Wildman–Crippen MR) is 64.2 cm³/mol. The van der Waals surface area contributed by atoms with Crippen molar-refractivity contribution < 1.29 is 13.5 Å². The summed E-state index contributed by atoms with van der Waals surface area (Å²) >= 11 is 0. The number of nitrogens with one attached hydrogen (secondary N) is 1. The Kier molecular flexibility index (Phi) is 5.91. The van der Waals surface area contributed by atoms with Crippen molar-refractivity contribution in [3.63, 3.8) is 0 Å². The Morgan fingerprint density at radius 1 is 1.24 bits per heavy atom. The summed E-state index contributed by atoms with van der Waals surface area (Å²) in [5.74, 6) is -1.79. The van der Waals surface area contributed by atoms with E-state index in [1.807, 2.05) is 0 Å². The first-order chi connectivity index (χ1) is 8.11. The molecule has 0 aliphatic heterocycles. The second-order valence-electron chi connectivity index (χ2n) is 4.22. The van der Waals surface area contributed by atoms with E-state index in [4.69, 9.17) is 4.74 Å². The molecule has 0 aromatic heterocycles. The third kappa shape index (κ3) is 5.13. The van der Waals surface area contributed by atoms with Crippen LogP contribution in [0, 0.1) is 11.6 Å². The molecule has 17 heavy (non-hydrogen) atoms. The van der Waals surface area contributed by atoms with Crippen LogP contribution in [-0.2, 0) is 0 Å². The van der Waals surface area contributed by atoms with Gasteiger partial charge in [-0.3, -0.25) is 0 Å². The average molecular weight is 243 g/mol. The molecule has 0 amide bonds. The quantitative estimate of drug-likeness (QED) is 0.743. The Hall–Kier alpha value is -1.16. The summed E-state index contributed by atoms with van der Waals surface area (Å²) in [4.78, 5) is 0. The Balaban J connectivity index is 2.20. The Morgan fingerprint density at radius 2 is 2.00 bits per heavy atom. The summed E-state index contributed by atoms with van der Waals surface area (Å²) in [5.41, 5.74) is 0. The molecule has 0 fully saturated rings. The van der Waals surface area contributed by atoms with Crippen LogP contribution in [0.15, 0.2) is 18.2 Å². The second kappa shape index (κ2) is 7.22. The number of hydrogen-bond acceptors (Lipinski definition) is 2. The highest BCUT2D eigenvalue weighted by molar-refractivity contribution is 5.24. The van der Waals surface area contributed by atoms with Crippen LogP contribution < -0.4 is 10.1 Å². The summed E-state index contributed by atoms with van der Waals surface area (Å²) in [6.07, 6.45) is 1.77. The van der Waals surface area contributed by atoms with Gasteiger partial charge in [-0.15, -0.1) is 0 Å². The van der Waals surface area contributed by atoms with Gasteiger partial charge in [-0.05, 0) is 31.5 Å². The van der Waals surface area contributed by atoms with Gasteiger partial charge in [0.25, 0.3) is 0 Å². The van der Waals surface area contributed by atoms with E-state index in [0.717, 1.165) is 25.5 Å². The van der Waals surface area contributed by atoms with Crippen LogP contribution >= 0.6 is 0 Å². The number of rotatable bonds is 7. The van der Waals surface area contributed by atoms with E-state index >= 15 is 0 Å². The van der Waals surface area contributed by atoms with Gasteiger partial charge in [-0.2, -0.15) is 4.39 Å². The molecule has 0 radical (unpaired) electrons. The minimum atomic E-state index is -0.909. The molecule has 0 unspecified atom stereocenters. The molecule has 1 rings (SSSR count). The zero-order chi connectivity index (χ0) is 12.7. The number of unbranched alkanes of at least 4 members (excludes halogenated alkanes) is 1. The van der Waals surface area contributed by atoms with Crippen LogP contribution in [0.4, 0.5) is 8.78 Å². The van der Waals surface area contributed by atoms with E-state index < -0.39 is 11.6 Å². The van der Waals surface area contributed by atoms with Crippen molar-refractivity contribution in [3.05, 3.63) is 29.8 Å². The van der Waals surface area contributed by atoms with Crippen LogP contribution in [0.25, 0.3) is 0 Å². The highest BCUT2D eigenvalue weighted by Gasteiger charge is 2.07. The topological polar surface area (TPSA) is 21.3 Å². The predicted octanol–water partition coefficient (Wildman–Crippen LogP) is 3.12. The second-order valence-corrected chi connectivity index (χ2v) is 4.22. The zero-order valence-corrected chi connectivity index (χ0v) is 10.3. The molecule has 1 aromatic carbocycles. The Labute approximate surface area is 101 Å². The third-order valence-corrected chi connectivity index (χ3v) is 2.30. The van der Waals surface area contributed by atoms with Crippen molar-refractivity contribution in [2.45, 2.75) is 32.7 Å². The molecule has 0 saturated heterocycles. The van der Waals surface area contributed by atoms with Crippen molar-refractivity contribution in [1.29, 1.82) is 0 Å². The van der Waals surface area contributed by atoms with Crippen molar-refractivity contribution in [2.24, 2.45) is 0 Å². The number of hydrogen-bond donors (Lipinski definition) is 1. The lowest BCUT2D eigenvalue weighted by Crippen LogP contribution is -2.23. The lowest BCUT2D eigenvalue weighted by Gasteiger charge is -2.09. The van der Waals surface area contributed by atoms with Crippen LogP contribution in [0.2, 0.25) is 0 Å².